The molecule has 1 aromatic rings. The lowest BCUT2D eigenvalue weighted by Crippen LogP contribution is -2.49. The van der Waals surface area contributed by atoms with Gasteiger partial charge in [-0.3, -0.25) is 4.79 Å². The van der Waals surface area contributed by atoms with Crippen molar-refractivity contribution < 1.29 is 18.4 Å². The minimum absolute atomic E-state index is 0.149. The molecule has 1 aromatic carbocycles. The van der Waals surface area contributed by atoms with E-state index in [9.17, 15) is 18.4 Å². The molecule has 1 aliphatic heterocycles. The van der Waals surface area contributed by atoms with E-state index in [2.05, 4.69) is 5.32 Å². The molecule has 1 N–H and O–H groups in total. The zero-order valence-corrected chi connectivity index (χ0v) is 14.2. The van der Waals surface area contributed by atoms with Gasteiger partial charge in [-0.2, -0.15) is 0 Å². The molecule has 1 fully saturated rings. The van der Waals surface area contributed by atoms with Crippen LogP contribution in [0.3, 0.4) is 0 Å². The van der Waals surface area contributed by atoms with Gasteiger partial charge < -0.3 is 15.1 Å². The Balaban J connectivity index is 2.02. The number of nitrogens with zero attached hydrogens (tertiary/aromatic N) is 2. The van der Waals surface area contributed by atoms with Crippen molar-refractivity contribution in [2.45, 2.75) is 32.7 Å². The normalized spacial score (nSPS) is 15.9. The van der Waals surface area contributed by atoms with Crippen molar-refractivity contribution in [3.63, 3.8) is 0 Å². The summed E-state index contributed by atoms with van der Waals surface area (Å²) in [6, 6.07) is 2.75. The number of carbonyl (C=O) groups excluding carboxylic acids is 2. The number of rotatable bonds is 1. The van der Waals surface area contributed by atoms with E-state index in [-0.39, 0.29) is 17.1 Å². The number of urea groups is 1. The highest BCUT2D eigenvalue weighted by Crippen LogP contribution is 2.14. The average molecular weight is 339 g/mol. The fourth-order valence-electron chi connectivity index (χ4n) is 2.56. The molecule has 1 heterocycles. The van der Waals surface area contributed by atoms with Crippen molar-refractivity contribution >= 4 is 11.9 Å². The maximum Gasteiger partial charge on any atom is 0.317 e. The maximum absolute atomic E-state index is 13.8. The van der Waals surface area contributed by atoms with Gasteiger partial charge in [0, 0.05) is 37.8 Å². The van der Waals surface area contributed by atoms with Crippen LogP contribution < -0.4 is 5.32 Å². The van der Waals surface area contributed by atoms with Crippen LogP contribution in [0.15, 0.2) is 18.2 Å². The molecule has 0 atom stereocenters. The Morgan fingerprint density at radius 3 is 2.29 bits per heavy atom. The van der Waals surface area contributed by atoms with E-state index in [0.717, 1.165) is 12.1 Å². The van der Waals surface area contributed by atoms with Gasteiger partial charge >= 0.3 is 6.03 Å². The summed E-state index contributed by atoms with van der Waals surface area (Å²) in [5, 5.41) is 2.89. The second-order valence-corrected chi connectivity index (χ2v) is 6.94. The summed E-state index contributed by atoms with van der Waals surface area (Å²) < 4.78 is 26.8. The number of nitrogens with one attached hydrogen (secondary N) is 1. The van der Waals surface area contributed by atoms with Crippen molar-refractivity contribution in [1.82, 2.24) is 15.1 Å². The summed E-state index contributed by atoms with van der Waals surface area (Å²) in [5.74, 6) is -2.07. The monoisotopic (exact) mass is 339 g/mol. The van der Waals surface area contributed by atoms with Crippen LogP contribution in [-0.2, 0) is 0 Å². The molecule has 1 saturated heterocycles. The smallest absolute Gasteiger partial charge is 0.317 e. The number of benzene rings is 1. The highest BCUT2D eigenvalue weighted by Gasteiger charge is 2.26. The van der Waals surface area contributed by atoms with E-state index in [1.807, 2.05) is 20.8 Å². The van der Waals surface area contributed by atoms with Crippen LogP contribution in [0.5, 0.6) is 0 Å². The summed E-state index contributed by atoms with van der Waals surface area (Å²) in [5.41, 5.74) is -0.486. The first-order valence-corrected chi connectivity index (χ1v) is 7.99. The highest BCUT2D eigenvalue weighted by molar-refractivity contribution is 5.94. The first-order chi connectivity index (χ1) is 11.2. The number of halogens is 2. The Morgan fingerprint density at radius 1 is 1.04 bits per heavy atom. The van der Waals surface area contributed by atoms with Crippen LogP contribution >= 0.6 is 0 Å². The molecule has 3 amide bonds. The molecule has 5 nitrogen and oxygen atoms in total. The van der Waals surface area contributed by atoms with Crippen LogP contribution in [0.2, 0.25) is 0 Å². The third-order valence-electron chi connectivity index (χ3n) is 3.71. The lowest BCUT2D eigenvalue weighted by atomic mass is 10.1. The molecule has 2 rings (SSSR count). The topological polar surface area (TPSA) is 52.7 Å². The van der Waals surface area contributed by atoms with Gasteiger partial charge in [-0.25, -0.2) is 13.6 Å². The summed E-state index contributed by atoms with van der Waals surface area (Å²) in [4.78, 5) is 27.8. The van der Waals surface area contributed by atoms with Gasteiger partial charge in [-0.05, 0) is 39.3 Å². The van der Waals surface area contributed by atoms with Crippen LogP contribution in [0.4, 0.5) is 13.6 Å². The van der Waals surface area contributed by atoms with E-state index in [1.54, 1.807) is 4.90 Å². The van der Waals surface area contributed by atoms with Gasteiger partial charge in [0.25, 0.3) is 5.91 Å². The molecule has 0 aliphatic carbocycles. The molecule has 0 unspecified atom stereocenters. The molecule has 0 radical (unpaired) electrons. The van der Waals surface area contributed by atoms with E-state index >= 15 is 0 Å². The largest absolute Gasteiger partial charge is 0.337 e. The number of carbonyl (C=O) groups is 2. The number of hydrogen-bond donors (Lipinski definition) is 1. The Kier molecular flexibility index (Phi) is 5.41. The summed E-state index contributed by atoms with van der Waals surface area (Å²) >= 11 is 0. The molecule has 24 heavy (non-hydrogen) atoms. The van der Waals surface area contributed by atoms with Crippen molar-refractivity contribution in [1.29, 1.82) is 0 Å². The van der Waals surface area contributed by atoms with Crippen LogP contribution in [0.25, 0.3) is 0 Å². The zero-order chi connectivity index (χ0) is 17.9. The van der Waals surface area contributed by atoms with Crippen LogP contribution in [-0.4, -0.2) is 53.5 Å². The predicted octanol–water partition coefficient (Wildman–Crippen LogP) is 2.62. The van der Waals surface area contributed by atoms with Gasteiger partial charge in [0.15, 0.2) is 0 Å². The molecular formula is C17H23F2N3O2. The molecule has 0 aromatic heterocycles. The Morgan fingerprint density at radius 2 is 1.67 bits per heavy atom. The second kappa shape index (κ2) is 7.15. The van der Waals surface area contributed by atoms with Crippen molar-refractivity contribution in [2.24, 2.45) is 0 Å². The lowest BCUT2D eigenvalue weighted by molar-refractivity contribution is 0.0757. The van der Waals surface area contributed by atoms with Gasteiger partial charge in [0.1, 0.15) is 11.6 Å². The van der Waals surface area contributed by atoms with E-state index in [1.165, 1.54) is 4.90 Å². The lowest BCUT2D eigenvalue weighted by Gasteiger charge is -2.27. The van der Waals surface area contributed by atoms with Gasteiger partial charge in [-0.1, -0.05) is 0 Å². The summed E-state index contributed by atoms with van der Waals surface area (Å²) in [6.07, 6.45) is 0.603. The number of hydrogen-bond acceptors (Lipinski definition) is 2. The minimum Gasteiger partial charge on any atom is -0.337 e. The molecule has 7 heteroatoms. The van der Waals surface area contributed by atoms with Crippen LogP contribution in [0, 0.1) is 11.6 Å². The first-order valence-electron chi connectivity index (χ1n) is 7.99. The van der Waals surface area contributed by atoms with Gasteiger partial charge in [0.2, 0.25) is 0 Å². The number of amides is 3. The predicted molar refractivity (Wildman–Crippen MR) is 86.7 cm³/mol. The second-order valence-electron chi connectivity index (χ2n) is 6.94. The van der Waals surface area contributed by atoms with E-state index < -0.39 is 17.5 Å². The van der Waals surface area contributed by atoms with E-state index in [0.29, 0.717) is 38.7 Å². The fourth-order valence-corrected chi connectivity index (χ4v) is 2.56. The Bertz CT molecular complexity index is 629. The zero-order valence-electron chi connectivity index (χ0n) is 14.2. The molecule has 0 spiro atoms. The van der Waals surface area contributed by atoms with Crippen molar-refractivity contribution in [3.05, 3.63) is 35.4 Å². The average Bonchev–Trinajstić information content (AvgIpc) is 2.70. The summed E-state index contributed by atoms with van der Waals surface area (Å²) in [7, 11) is 0. The maximum atomic E-state index is 13.8. The summed E-state index contributed by atoms with van der Waals surface area (Å²) in [6.45, 7) is 7.33. The minimum atomic E-state index is -0.869. The standard InChI is InChI=1S/C17H23F2N3O2/c1-17(2,3)20-16(24)22-8-4-7-21(9-10-22)15(23)13-6-5-12(18)11-14(13)19/h5-6,11H,4,7-10H2,1-3H3,(H,20,24). The molecule has 0 bridgehead atoms. The van der Waals surface area contributed by atoms with Gasteiger partial charge in [-0.15, -0.1) is 0 Å². The quantitative estimate of drug-likeness (QED) is 0.855. The SMILES string of the molecule is CC(C)(C)NC(=O)N1CCCN(C(=O)c2ccc(F)cc2F)CC1. The third-order valence-corrected chi connectivity index (χ3v) is 3.71. The van der Waals surface area contributed by atoms with Crippen molar-refractivity contribution in [2.75, 3.05) is 26.2 Å². The molecule has 1 aliphatic rings. The van der Waals surface area contributed by atoms with Gasteiger partial charge in [0.05, 0.1) is 5.56 Å². The fraction of sp³-hybridized carbons (Fsp3) is 0.529. The van der Waals surface area contributed by atoms with Crippen LogP contribution in [0.1, 0.15) is 37.6 Å². The van der Waals surface area contributed by atoms with E-state index in [4.69, 9.17) is 0 Å². The third kappa shape index (κ3) is 4.66. The molecular weight excluding hydrogens is 316 g/mol. The molecule has 132 valence electrons. The first kappa shape index (κ1) is 18.2. The Hall–Kier alpha value is -2.18. The Labute approximate surface area is 140 Å². The van der Waals surface area contributed by atoms with Crippen molar-refractivity contribution in [3.8, 4) is 0 Å². The molecule has 0 saturated carbocycles. The highest BCUT2D eigenvalue weighted by atomic mass is 19.1.